The van der Waals surface area contributed by atoms with Crippen molar-refractivity contribution in [2.75, 3.05) is 18.2 Å². The molecule has 1 rings (SSSR count). The predicted molar refractivity (Wildman–Crippen MR) is 73.3 cm³/mol. The number of amides is 1. The molecule has 102 valence electrons. The van der Waals surface area contributed by atoms with Crippen molar-refractivity contribution in [3.8, 4) is 11.8 Å². The Bertz CT molecular complexity index is 608. The number of hydrogen-bond donors (Lipinski definition) is 2. The highest BCUT2D eigenvalue weighted by Crippen LogP contribution is 2.10. The molecule has 1 amide bonds. The first kappa shape index (κ1) is 15.2. The third-order valence-corrected chi connectivity index (χ3v) is 3.97. The number of rotatable bonds is 3. The minimum absolute atomic E-state index is 0.218. The zero-order chi connectivity index (χ0) is 14.5. The van der Waals surface area contributed by atoms with Crippen LogP contribution in [0.1, 0.15) is 12.5 Å². The van der Waals surface area contributed by atoms with Gasteiger partial charge in [-0.3, -0.25) is 4.79 Å². The molecule has 2 N–H and O–H groups in total. The number of sulfone groups is 1. The molecular weight excluding hydrogens is 266 g/mol. The maximum atomic E-state index is 11.7. The van der Waals surface area contributed by atoms with Gasteiger partial charge in [-0.1, -0.05) is 11.8 Å². The lowest BCUT2D eigenvalue weighted by Crippen LogP contribution is -2.31. The second-order valence-electron chi connectivity index (χ2n) is 4.00. The van der Waals surface area contributed by atoms with Gasteiger partial charge in [-0.2, -0.15) is 0 Å². The van der Waals surface area contributed by atoms with Crippen LogP contribution >= 0.6 is 0 Å². The average Bonchev–Trinajstić information content (AvgIpc) is 2.36. The SMILES string of the molecule is CC(C(=O)Nc1ccc(C#CCO)cc1)S(C)(=O)=O. The lowest BCUT2D eigenvalue weighted by Gasteiger charge is -2.10. The van der Waals surface area contributed by atoms with Gasteiger partial charge in [-0.25, -0.2) is 8.42 Å². The molecule has 1 aromatic carbocycles. The van der Waals surface area contributed by atoms with Gasteiger partial charge in [0, 0.05) is 17.5 Å². The standard InChI is InChI=1S/C13H15NO4S/c1-10(19(2,17)18)13(16)14-12-7-5-11(6-8-12)4-3-9-15/h5-8,10,15H,9H2,1-2H3,(H,14,16). The highest BCUT2D eigenvalue weighted by molar-refractivity contribution is 7.92. The summed E-state index contributed by atoms with van der Waals surface area (Å²) in [5.41, 5.74) is 1.19. The van der Waals surface area contributed by atoms with Crippen LogP contribution in [0.2, 0.25) is 0 Å². The van der Waals surface area contributed by atoms with Crippen LogP contribution in [0.15, 0.2) is 24.3 Å². The molecule has 0 aliphatic rings. The number of nitrogens with one attached hydrogen (secondary N) is 1. The van der Waals surface area contributed by atoms with E-state index in [-0.39, 0.29) is 6.61 Å². The fourth-order valence-electron chi connectivity index (χ4n) is 1.22. The number of anilines is 1. The van der Waals surface area contributed by atoms with Gasteiger partial charge in [0.2, 0.25) is 5.91 Å². The maximum Gasteiger partial charge on any atom is 0.242 e. The highest BCUT2D eigenvalue weighted by atomic mass is 32.2. The van der Waals surface area contributed by atoms with Crippen molar-refractivity contribution < 1.29 is 18.3 Å². The summed E-state index contributed by atoms with van der Waals surface area (Å²) in [6.45, 7) is 1.12. The second-order valence-corrected chi connectivity index (χ2v) is 6.36. The monoisotopic (exact) mass is 281 g/mol. The summed E-state index contributed by atoms with van der Waals surface area (Å²) < 4.78 is 22.5. The third kappa shape index (κ3) is 4.73. The van der Waals surface area contributed by atoms with Crippen LogP contribution in [0.5, 0.6) is 0 Å². The number of benzene rings is 1. The molecule has 19 heavy (non-hydrogen) atoms. The summed E-state index contributed by atoms with van der Waals surface area (Å²) in [6, 6.07) is 6.58. The van der Waals surface area contributed by atoms with Crippen molar-refractivity contribution >= 4 is 21.4 Å². The minimum atomic E-state index is -3.40. The molecule has 0 fully saturated rings. The zero-order valence-electron chi connectivity index (χ0n) is 10.7. The van der Waals surface area contributed by atoms with E-state index in [0.717, 1.165) is 6.26 Å². The molecule has 1 atom stereocenters. The van der Waals surface area contributed by atoms with Crippen LogP contribution in [-0.2, 0) is 14.6 Å². The van der Waals surface area contributed by atoms with Crippen LogP contribution in [0, 0.1) is 11.8 Å². The van der Waals surface area contributed by atoms with Crippen molar-refractivity contribution in [2.24, 2.45) is 0 Å². The maximum absolute atomic E-state index is 11.7. The molecule has 5 nitrogen and oxygen atoms in total. The molecule has 1 unspecified atom stereocenters. The van der Waals surface area contributed by atoms with E-state index in [1.807, 2.05) is 0 Å². The van der Waals surface area contributed by atoms with Gasteiger partial charge in [0.15, 0.2) is 9.84 Å². The lowest BCUT2D eigenvalue weighted by atomic mass is 10.2. The van der Waals surface area contributed by atoms with Crippen molar-refractivity contribution in [1.82, 2.24) is 0 Å². The third-order valence-electron chi connectivity index (χ3n) is 2.48. The molecule has 0 aliphatic heterocycles. The molecule has 6 heteroatoms. The van der Waals surface area contributed by atoms with E-state index in [1.165, 1.54) is 6.92 Å². The van der Waals surface area contributed by atoms with Crippen molar-refractivity contribution in [3.63, 3.8) is 0 Å². The van der Waals surface area contributed by atoms with Gasteiger partial charge in [0.25, 0.3) is 0 Å². The first-order chi connectivity index (χ1) is 8.84. The Kier molecular flexibility index (Phi) is 5.10. The first-order valence-corrected chi connectivity index (χ1v) is 7.49. The summed E-state index contributed by atoms with van der Waals surface area (Å²) in [4.78, 5) is 11.7. The summed E-state index contributed by atoms with van der Waals surface area (Å²) in [6.07, 6.45) is 1.02. The van der Waals surface area contributed by atoms with Gasteiger partial charge < -0.3 is 10.4 Å². The summed E-state index contributed by atoms with van der Waals surface area (Å²) >= 11 is 0. The summed E-state index contributed by atoms with van der Waals surface area (Å²) in [5, 5.41) is 9.97. The molecule has 0 bridgehead atoms. The largest absolute Gasteiger partial charge is 0.384 e. The Labute approximate surface area is 112 Å². The Hall–Kier alpha value is -1.84. The molecule has 0 aromatic heterocycles. The van der Waals surface area contributed by atoms with Crippen LogP contribution < -0.4 is 5.32 Å². The Balaban J connectivity index is 2.76. The number of carbonyl (C=O) groups is 1. The van der Waals surface area contributed by atoms with E-state index in [1.54, 1.807) is 24.3 Å². The van der Waals surface area contributed by atoms with Crippen molar-refractivity contribution in [3.05, 3.63) is 29.8 Å². The van der Waals surface area contributed by atoms with E-state index < -0.39 is 21.0 Å². The van der Waals surface area contributed by atoms with Gasteiger partial charge in [0.05, 0.1) is 0 Å². The molecule has 0 saturated carbocycles. The zero-order valence-corrected chi connectivity index (χ0v) is 11.5. The van der Waals surface area contributed by atoms with Gasteiger partial charge in [-0.15, -0.1) is 0 Å². The minimum Gasteiger partial charge on any atom is -0.384 e. The number of aliphatic hydroxyl groups excluding tert-OH is 1. The summed E-state index contributed by atoms with van der Waals surface area (Å²) in [7, 11) is -3.40. The Morgan fingerprint density at radius 3 is 2.42 bits per heavy atom. The molecule has 0 aliphatic carbocycles. The number of aliphatic hydroxyl groups is 1. The molecule has 0 saturated heterocycles. The fourth-order valence-corrected chi connectivity index (χ4v) is 1.66. The average molecular weight is 281 g/mol. The Morgan fingerprint density at radius 2 is 1.95 bits per heavy atom. The molecular formula is C13H15NO4S. The summed E-state index contributed by atoms with van der Waals surface area (Å²) in [5.74, 6) is 4.64. The van der Waals surface area contributed by atoms with Gasteiger partial charge in [-0.05, 0) is 31.2 Å². The normalized spacial score (nSPS) is 12.2. The smallest absolute Gasteiger partial charge is 0.242 e. The first-order valence-electron chi connectivity index (χ1n) is 5.54. The van der Waals surface area contributed by atoms with Gasteiger partial charge in [0.1, 0.15) is 11.9 Å². The predicted octanol–water partition coefficient (Wildman–Crippen LogP) is 0.402. The number of carbonyl (C=O) groups excluding carboxylic acids is 1. The van der Waals surface area contributed by atoms with Crippen molar-refractivity contribution in [2.45, 2.75) is 12.2 Å². The topological polar surface area (TPSA) is 83.5 Å². The quantitative estimate of drug-likeness (QED) is 0.786. The Morgan fingerprint density at radius 1 is 1.37 bits per heavy atom. The van der Waals surface area contributed by atoms with Crippen LogP contribution in [0.4, 0.5) is 5.69 Å². The van der Waals surface area contributed by atoms with Crippen LogP contribution in [-0.4, -0.2) is 37.5 Å². The molecule has 0 spiro atoms. The molecule has 0 radical (unpaired) electrons. The lowest BCUT2D eigenvalue weighted by molar-refractivity contribution is -0.115. The number of hydrogen-bond acceptors (Lipinski definition) is 4. The molecule has 1 aromatic rings. The van der Waals surface area contributed by atoms with Crippen molar-refractivity contribution in [1.29, 1.82) is 0 Å². The molecule has 0 heterocycles. The van der Waals surface area contributed by atoms with E-state index in [2.05, 4.69) is 17.2 Å². The van der Waals surface area contributed by atoms with E-state index in [4.69, 9.17) is 5.11 Å². The van der Waals surface area contributed by atoms with E-state index >= 15 is 0 Å². The highest BCUT2D eigenvalue weighted by Gasteiger charge is 2.23. The van der Waals surface area contributed by atoms with Crippen LogP contribution in [0.25, 0.3) is 0 Å². The van der Waals surface area contributed by atoms with E-state index in [9.17, 15) is 13.2 Å². The second kappa shape index (κ2) is 6.36. The van der Waals surface area contributed by atoms with Crippen LogP contribution in [0.3, 0.4) is 0 Å². The fraction of sp³-hybridized carbons (Fsp3) is 0.308. The van der Waals surface area contributed by atoms with Gasteiger partial charge >= 0.3 is 0 Å². The van der Waals surface area contributed by atoms with E-state index in [0.29, 0.717) is 11.3 Å².